The van der Waals surface area contributed by atoms with Crippen LogP contribution in [0.2, 0.25) is 0 Å². The molecule has 0 atom stereocenters. The molecular formula is C17H23N3OS2. The molecule has 4 nitrogen and oxygen atoms in total. The molecule has 0 saturated carbocycles. The molecule has 0 unspecified atom stereocenters. The summed E-state index contributed by atoms with van der Waals surface area (Å²) in [6.45, 7) is 3.40. The zero-order valence-corrected chi connectivity index (χ0v) is 15.0. The molecule has 1 saturated heterocycles. The van der Waals surface area contributed by atoms with Gasteiger partial charge in [-0.2, -0.15) is 0 Å². The third kappa shape index (κ3) is 3.27. The number of likely N-dealkylation sites (tertiary alicyclic amines) is 1. The molecule has 0 amide bonds. The zero-order chi connectivity index (χ0) is 15.6. The molecule has 0 radical (unpaired) electrons. The van der Waals surface area contributed by atoms with Crippen molar-refractivity contribution in [1.82, 2.24) is 14.9 Å². The van der Waals surface area contributed by atoms with Crippen molar-refractivity contribution in [2.75, 3.05) is 25.4 Å². The molecule has 4 rings (SSSR count). The maximum atomic E-state index is 9.20. The largest absolute Gasteiger partial charge is 0.396 e. The van der Waals surface area contributed by atoms with Crippen LogP contribution in [0.25, 0.3) is 10.2 Å². The number of fused-ring (bicyclic) bond motifs is 3. The Morgan fingerprint density at radius 2 is 1.96 bits per heavy atom. The first-order chi connectivity index (χ1) is 11.3. The van der Waals surface area contributed by atoms with Crippen LogP contribution < -0.4 is 0 Å². The van der Waals surface area contributed by atoms with Gasteiger partial charge < -0.3 is 5.11 Å². The number of aromatic nitrogens is 2. The standard InChI is InChI=1S/C17H23N3OS2/c21-9-10-22-16-15-12-5-4-6-13(12)23-17(15)19-14(18-16)11-20-7-2-1-3-8-20/h21H,1-11H2. The van der Waals surface area contributed by atoms with E-state index in [1.165, 1.54) is 61.0 Å². The fourth-order valence-corrected chi connectivity index (χ4v) is 5.80. The van der Waals surface area contributed by atoms with Crippen molar-refractivity contribution in [3.63, 3.8) is 0 Å². The number of hydrogen-bond donors (Lipinski definition) is 1. The Hall–Kier alpha value is -0.690. The zero-order valence-electron chi connectivity index (χ0n) is 13.4. The minimum atomic E-state index is 0.198. The number of piperidine rings is 1. The molecule has 2 aromatic rings. The highest BCUT2D eigenvalue weighted by Gasteiger charge is 2.23. The Labute approximate surface area is 145 Å². The van der Waals surface area contributed by atoms with Crippen molar-refractivity contribution >= 4 is 33.3 Å². The number of aryl methyl sites for hydroxylation is 2. The quantitative estimate of drug-likeness (QED) is 0.663. The van der Waals surface area contributed by atoms with E-state index in [9.17, 15) is 5.11 Å². The maximum absolute atomic E-state index is 9.20. The van der Waals surface area contributed by atoms with Crippen LogP contribution >= 0.6 is 23.1 Å². The lowest BCUT2D eigenvalue weighted by atomic mass is 10.1. The molecule has 2 aromatic heterocycles. The van der Waals surface area contributed by atoms with E-state index in [0.29, 0.717) is 5.75 Å². The molecular weight excluding hydrogens is 326 g/mol. The molecule has 1 fully saturated rings. The van der Waals surface area contributed by atoms with E-state index < -0.39 is 0 Å². The lowest BCUT2D eigenvalue weighted by Gasteiger charge is -2.25. The van der Waals surface area contributed by atoms with Crippen LogP contribution in [0.3, 0.4) is 0 Å². The molecule has 124 valence electrons. The molecule has 6 heteroatoms. The number of aliphatic hydroxyl groups is 1. The molecule has 0 spiro atoms. The van der Waals surface area contributed by atoms with E-state index in [4.69, 9.17) is 9.97 Å². The number of thiophene rings is 1. The molecule has 1 aliphatic carbocycles. The van der Waals surface area contributed by atoms with Crippen molar-refractivity contribution < 1.29 is 5.11 Å². The van der Waals surface area contributed by atoms with Gasteiger partial charge >= 0.3 is 0 Å². The Morgan fingerprint density at radius 3 is 2.78 bits per heavy atom. The number of rotatable bonds is 5. The SMILES string of the molecule is OCCSc1nc(CN2CCCCC2)nc2sc3c(c12)CCC3. The van der Waals surface area contributed by atoms with Gasteiger partial charge in [-0.15, -0.1) is 23.1 Å². The Kier molecular flexibility index (Phi) is 4.85. The van der Waals surface area contributed by atoms with Gasteiger partial charge in [0, 0.05) is 16.0 Å². The van der Waals surface area contributed by atoms with Crippen molar-refractivity contribution in [2.45, 2.75) is 50.1 Å². The minimum Gasteiger partial charge on any atom is -0.396 e. The highest BCUT2D eigenvalue weighted by atomic mass is 32.2. The van der Waals surface area contributed by atoms with Crippen LogP contribution in [0.1, 0.15) is 41.9 Å². The number of nitrogens with zero attached hydrogens (tertiary/aromatic N) is 3. The van der Waals surface area contributed by atoms with Gasteiger partial charge in [0.1, 0.15) is 15.7 Å². The summed E-state index contributed by atoms with van der Waals surface area (Å²) in [4.78, 5) is 14.9. The maximum Gasteiger partial charge on any atom is 0.145 e. The van der Waals surface area contributed by atoms with E-state index in [1.807, 2.05) is 11.3 Å². The van der Waals surface area contributed by atoms with E-state index in [2.05, 4.69) is 4.90 Å². The summed E-state index contributed by atoms with van der Waals surface area (Å²) in [5.41, 5.74) is 1.48. The van der Waals surface area contributed by atoms with Crippen molar-refractivity contribution in [1.29, 1.82) is 0 Å². The fraction of sp³-hybridized carbons (Fsp3) is 0.647. The fourth-order valence-electron chi connectivity index (χ4n) is 3.64. The first-order valence-electron chi connectivity index (χ1n) is 8.62. The van der Waals surface area contributed by atoms with E-state index >= 15 is 0 Å². The second kappa shape index (κ2) is 7.05. The summed E-state index contributed by atoms with van der Waals surface area (Å²) >= 11 is 3.55. The Bertz CT molecular complexity index is 695. The second-order valence-corrected chi connectivity index (χ2v) is 8.56. The van der Waals surface area contributed by atoms with Crippen LogP contribution in [0, 0.1) is 0 Å². The molecule has 1 aliphatic heterocycles. The minimum absolute atomic E-state index is 0.198. The Morgan fingerprint density at radius 1 is 1.09 bits per heavy atom. The van der Waals surface area contributed by atoms with Gasteiger partial charge in [-0.25, -0.2) is 9.97 Å². The van der Waals surface area contributed by atoms with E-state index in [1.54, 1.807) is 11.8 Å². The molecule has 23 heavy (non-hydrogen) atoms. The third-order valence-corrected chi connectivity index (χ3v) is 6.86. The van der Waals surface area contributed by atoms with Crippen molar-refractivity contribution in [3.8, 4) is 0 Å². The smallest absolute Gasteiger partial charge is 0.145 e. The third-order valence-electron chi connectivity index (χ3n) is 4.72. The van der Waals surface area contributed by atoms with Gasteiger partial charge in [0.05, 0.1) is 13.2 Å². The highest BCUT2D eigenvalue weighted by Crippen LogP contribution is 2.40. The summed E-state index contributed by atoms with van der Waals surface area (Å²) in [6.07, 6.45) is 7.56. The highest BCUT2D eigenvalue weighted by molar-refractivity contribution is 7.99. The van der Waals surface area contributed by atoms with E-state index in [0.717, 1.165) is 28.6 Å². The van der Waals surface area contributed by atoms with Crippen LogP contribution in [-0.2, 0) is 19.4 Å². The predicted molar refractivity (Wildman–Crippen MR) is 96.4 cm³/mol. The molecule has 0 aromatic carbocycles. The topological polar surface area (TPSA) is 49.3 Å². The predicted octanol–water partition coefficient (Wildman–Crippen LogP) is 3.25. The summed E-state index contributed by atoms with van der Waals surface area (Å²) in [5, 5.41) is 11.6. The molecule has 1 N–H and O–H groups in total. The second-order valence-electron chi connectivity index (χ2n) is 6.39. The Balaban J connectivity index is 1.68. The van der Waals surface area contributed by atoms with Gasteiger partial charge in [0.25, 0.3) is 0 Å². The van der Waals surface area contributed by atoms with Gasteiger partial charge in [-0.1, -0.05) is 6.42 Å². The molecule has 2 aliphatic rings. The van der Waals surface area contributed by atoms with Crippen molar-refractivity contribution in [3.05, 3.63) is 16.3 Å². The lowest BCUT2D eigenvalue weighted by Crippen LogP contribution is -2.29. The monoisotopic (exact) mass is 349 g/mol. The first-order valence-corrected chi connectivity index (χ1v) is 10.4. The average Bonchev–Trinajstić information content (AvgIpc) is 3.14. The van der Waals surface area contributed by atoms with Crippen LogP contribution in [0.4, 0.5) is 0 Å². The van der Waals surface area contributed by atoms with Crippen molar-refractivity contribution in [2.24, 2.45) is 0 Å². The average molecular weight is 350 g/mol. The summed E-state index contributed by atoms with van der Waals surface area (Å²) in [7, 11) is 0. The van der Waals surface area contributed by atoms with Crippen LogP contribution in [0.5, 0.6) is 0 Å². The van der Waals surface area contributed by atoms with Gasteiger partial charge in [0.15, 0.2) is 0 Å². The normalized spacial score (nSPS) is 18.7. The summed E-state index contributed by atoms with van der Waals surface area (Å²) in [6, 6.07) is 0. The van der Waals surface area contributed by atoms with Crippen LogP contribution in [0.15, 0.2) is 5.03 Å². The lowest BCUT2D eigenvalue weighted by molar-refractivity contribution is 0.216. The van der Waals surface area contributed by atoms with Crippen LogP contribution in [-0.4, -0.2) is 45.4 Å². The molecule has 0 bridgehead atoms. The summed E-state index contributed by atoms with van der Waals surface area (Å²) in [5.74, 6) is 1.67. The number of hydrogen-bond acceptors (Lipinski definition) is 6. The first kappa shape index (κ1) is 15.8. The number of thioether (sulfide) groups is 1. The van der Waals surface area contributed by atoms with E-state index in [-0.39, 0.29) is 6.61 Å². The summed E-state index contributed by atoms with van der Waals surface area (Å²) < 4.78 is 0. The van der Waals surface area contributed by atoms with Gasteiger partial charge in [-0.05, 0) is 50.8 Å². The number of aliphatic hydroxyl groups excluding tert-OH is 1. The van der Waals surface area contributed by atoms with Gasteiger partial charge in [0.2, 0.25) is 0 Å². The molecule has 3 heterocycles. The van der Waals surface area contributed by atoms with Gasteiger partial charge in [-0.3, -0.25) is 4.90 Å².